The highest BCUT2D eigenvalue weighted by Gasteiger charge is 2.87. The normalized spacial score (nSPS) is 29.8. The number of carbonyl (C=O) groups excluding carboxylic acids is 2. The number of alkyl halides is 3. The summed E-state index contributed by atoms with van der Waals surface area (Å²) in [5.74, 6) is -9.56. The molecule has 1 aliphatic carbocycles. The van der Waals surface area contributed by atoms with Gasteiger partial charge >= 0.3 is 18.1 Å². The topological polar surface area (TPSA) is 89.5 Å². The van der Waals surface area contributed by atoms with E-state index in [0.717, 1.165) is 35.5 Å². The van der Waals surface area contributed by atoms with E-state index < -0.39 is 46.8 Å². The highest BCUT2D eigenvalue weighted by Crippen LogP contribution is 2.61. The first-order valence-corrected chi connectivity index (χ1v) is 6.89. The average molecular weight is 370 g/mol. The fourth-order valence-corrected chi connectivity index (χ4v) is 3.53. The Morgan fingerprint density at radius 2 is 1.60 bits per heavy atom. The van der Waals surface area contributed by atoms with Crippen LogP contribution < -0.4 is 0 Å². The van der Waals surface area contributed by atoms with E-state index in [1.807, 2.05) is 0 Å². The zero-order valence-corrected chi connectivity index (χ0v) is 14.1. The largest absolute Gasteiger partial charge is 0.466 e. The van der Waals surface area contributed by atoms with Gasteiger partial charge in [-0.1, -0.05) is 0 Å². The molecule has 0 N–H and O–H groups in total. The maximum atomic E-state index is 14.1. The van der Waals surface area contributed by atoms with Gasteiger partial charge in [0.25, 0.3) is 11.4 Å². The lowest BCUT2D eigenvalue weighted by atomic mass is 9.66. The smallest absolute Gasteiger partial charge is 0.437 e. The Labute approximate surface area is 140 Å². The van der Waals surface area contributed by atoms with Crippen molar-refractivity contribution in [2.45, 2.75) is 23.4 Å². The van der Waals surface area contributed by atoms with Gasteiger partial charge in [-0.3, -0.25) is 4.79 Å². The third kappa shape index (κ3) is 2.03. The number of methoxy groups -OCH3 is 5. The Morgan fingerprint density at radius 3 is 1.96 bits per heavy atom. The molecule has 8 nitrogen and oxygen atoms in total. The predicted molar refractivity (Wildman–Crippen MR) is 72.0 cm³/mol. The van der Waals surface area contributed by atoms with Crippen LogP contribution in [0.4, 0.5) is 13.2 Å². The van der Waals surface area contributed by atoms with E-state index in [2.05, 4.69) is 9.47 Å². The molecule has 2 aliphatic heterocycles. The molecule has 0 spiro atoms. The van der Waals surface area contributed by atoms with Crippen molar-refractivity contribution in [3.63, 3.8) is 0 Å². The Hall–Kier alpha value is -1.69. The minimum atomic E-state index is -5.25. The molecular weight excluding hydrogens is 353 g/mol. The van der Waals surface area contributed by atoms with Gasteiger partial charge in [-0.25, -0.2) is 4.79 Å². The summed E-state index contributed by atoms with van der Waals surface area (Å²) < 4.78 is 71.8. The molecule has 0 aromatic heterocycles. The van der Waals surface area contributed by atoms with E-state index in [9.17, 15) is 22.8 Å². The van der Waals surface area contributed by atoms with Gasteiger partial charge in [0.1, 0.15) is 5.92 Å². The molecule has 142 valence electrons. The summed E-state index contributed by atoms with van der Waals surface area (Å²) >= 11 is 0. The number of esters is 2. The van der Waals surface area contributed by atoms with Crippen LogP contribution in [0.2, 0.25) is 0 Å². The van der Waals surface area contributed by atoms with Crippen molar-refractivity contribution in [2.75, 3.05) is 35.5 Å². The molecule has 0 amide bonds. The van der Waals surface area contributed by atoms with Crippen molar-refractivity contribution < 1.29 is 51.2 Å². The maximum Gasteiger partial charge on any atom is 0.437 e. The molecule has 2 atom stereocenters. The van der Waals surface area contributed by atoms with Gasteiger partial charge in [-0.2, -0.15) is 13.2 Å². The molecule has 2 heterocycles. The van der Waals surface area contributed by atoms with Gasteiger partial charge in [0.15, 0.2) is 0 Å². The van der Waals surface area contributed by atoms with Crippen molar-refractivity contribution in [3.8, 4) is 0 Å². The SMILES string of the molecule is COC(=O)C1=CC2(C(F)(F)F)OC(=O)C1C(OC)(OC)C2(OC)OC. The summed E-state index contributed by atoms with van der Waals surface area (Å²) in [6, 6.07) is 0. The lowest BCUT2D eigenvalue weighted by Crippen LogP contribution is -2.84. The number of rotatable bonds is 5. The van der Waals surface area contributed by atoms with Gasteiger partial charge < -0.3 is 28.4 Å². The molecule has 0 radical (unpaired) electrons. The molecule has 0 aromatic rings. The number of hydrogen-bond acceptors (Lipinski definition) is 8. The van der Waals surface area contributed by atoms with Gasteiger partial charge in [-0.05, 0) is 6.08 Å². The minimum absolute atomic E-state index is 0.411. The number of ether oxygens (including phenoxy) is 6. The first-order valence-electron chi connectivity index (χ1n) is 6.89. The molecule has 11 heteroatoms. The number of carbonyl (C=O) groups is 2. The third-order valence-electron chi connectivity index (χ3n) is 4.52. The van der Waals surface area contributed by atoms with Gasteiger partial charge in [0.05, 0.1) is 12.7 Å². The first-order chi connectivity index (χ1) is 11.6. The third-order valence-corrected chi connectivity index (χ3v) is 4.52. The molecule has 25 heavy (non-hydrogen) atoms. The van der Waals surface area contributed by atoms with Gasteiger partial charge in [-0.15, -0.1) is 0 Å². The van der Waals surface area contributed by atoms with Crippen molar-refractivity contribution in [1.29, 1.82) is 0 Å². The quantitative estimate of drug-likeness (QED) is 0.512. The zero-order valence-electron chi connectivity index (χ0n) is 14.1. The van der Waals surface area contributed by atoms with Crippen LogP contribution in [0.1, 0.15) is 0 Å². The van der Waals surface area contributed by atoms with E-state index >= 15 is 0 Å². The van der Waals surface area contributed by atoms with Gasteiger partial charge in [0, 0.05) is 28.4 Å². The van der Waals surface area contributed by atoms with E-state index in [0.29, 0.717) is 6.08 Å². The molecule has 0 aromatic carbocycles. The second-order valence-electron chi connectivity index (χ2n) is 5.28. The molecular formula is C14H17F3O8. The molecule has 3 aliphatic rings. The Morgan fingerprint density at radius 1 is 1.08 bits per heavy atom. The summed E-state index contributed by atoms with van der Waals surface area (Å²) in [6.07, 6.45) is -4.84. The highest BCUT2D eigenvalue weighted by atomic mass is 19.4. The standard InChI is InChI=1S/C14H17F3O8/c1-20-9(18)7-6-11(14(15,16)17)13(23-4,24-5)12(21-2,22-3)8(7)10(19)25-11/h6,8H,1-5H3. The van der Waals surface area contributed by atoms with Crippen molar-refractivity contribution in [1.82, 2.24) is 0 Å². The van der Waals surface area contributed by atoms with Crippen LogP contribution in [0, 0.1) is 5.92 Å². The summed E-state index contributed by atoms with van der Waals surface area (Å²) in [5, 5.41) is 0. The Kier molecular flexibility index (Phi) is 4.66. The van der Waals surface area contributed by atoms with Crippen LogP contribution >= 0.6 is 0 Å². The monoisotopic (exact) mass is 370 g/mol. The Balaban J connectivity index is 2.98. The summed E-state index contributed by atoms with van der Waals surface area (Å²) in [7, 11) is 4.75. The maximum absolute atomic E-state index is 14.1. The molecule has 0 saturated carbocycles. The summed E-state index contributed by atoms with van der Waals surface area (Å²) in [5.41, 5.74) is -4.14. The summed E-state index contributed by atoms with van der Waals surface area (Å²) in [6.45, 7) is 0. The lowest BCUT2D eigenvalue weighted by Gasteiger charge is -2.61. The van der Waals surface area contributed by atoms with E-state index in [1.54, 1.807) is 0 Å². The van der Waals surface area contributed by atoms with E-state index in [1.165, 1.54) is 0 Å². The van der Waals surface area contributed by atoms with Crippen molar-refractivity contribution >= 4 is 11.9 Å². The van der Waals surface area contributed by atoms with E-state index in [-0.39, 0.29) is 0 Å². The fraction of sp³-hybridized carbons (Fsp3) is 0.714. The van der Waals surface area contributed by atoms with Crippen LogP contribution in [-0.2, 0) is 38.0 Å². The average Bonchev–Trinajstić information content (AvgIpc) is 2.58. The first kappa shape index (κ1) is 19.6. The van der Waals surface area contributed by atoms with Crippen molar-refractivity contribution in [2.24, 2.45) is 5.92 Å². The van der Waals surface area contributed by atoms with Crippen LogP contribution in [0.3, 0.4) is 0 Å². The van der Waals surface area contributed by atoms with E-state index in [4.69, 9.17) is 18.9 Å². The lowest BCUT2D eigenvalue weighted by molar-refractivity contribution is -0.484. The van der Waals surface area contributed by atoms with Crippen LogP contribution in [0.25, 0.3) is 0 Å². The Bertz CT molecular complexity index is 606. The molecule has 2 bridgehead atoms. The van der Waals surface area contributed by atoms with Crippen LogP contribution in [-0.4, -0.2) is 70.8 Å². The number of halogens is 3. The molecule has 1 saturated heterocycles. The highest BCUT2D eigenvalue weighted by molar-refractivity contribution is 5.99. The fourth-order valence-electron chi connectivity index (χ4n) is 3.53. The zero-order chi connectivity index (χ0) is 19.3. The second kappa shape index (κ2) is 5.94. The molecule has 3 rings (SSSR count). The molecule has 1 fully saturated rings. The predicted octanol–water partition coefficient (Wildman–Crippen LogP) is 0.552. The molecule has 2 unspecified atom stereocenters. The number of fused-ring (bicyclic) bond motifs is 2. The van der Waals surface area contributed by atoms with Crippen molar-refractivity contribution in [3.05, 3.63) is 11.6 Å². The minimum Gasteiger partial charge on any atom is -0.466 e. The van der Waals surface area contributed by atoms with Crippen LogP contribution in [0.15, 0.2) is 11.6 Å². The number of hydrogen-bond donors (Lipinski definition) is 0. The van der Waals surface area contributed by atoms with Gasteiger partial charge in [0.2, 0.25) is 5.79 Å². The van der Waals surface area contributed by atoms with Crippen LogP contribution in [0.5, 0.6) is 0 Å². The second-order valence-corrected chi connectivity index (χ2v) is 5.28. The summed E-state index contributed by atoms with van der Waals surface area (Å²) in [4.78, 5) is 24.4.